The van der Waals surface area contributed by atoms with E-state index in [1.807, 2.05) is 18.2 Å². The van der Waals surface area contributed by atoms with Crippen LogP contribution in [0.2, 0.25) is 0 Å². The zero-order valence-electron chi connectivity index (χ0n) is 14.2. The van der Waals surface area contributed by atoms with E-state index in [1.165, 1.54) is 0 Å². The monoisotopic (exact) mass is 338 g/mol. The lowest BCUT2D eigenvalue weighted by Crippen LogP contribution is -2.28. The summed E-state index contributed by atoms with van der Waals surface area (Å²) >= 11 is 0. The van der Waals surface area contributed by atoms with Gasteiger partial charge in [-0.1, -0.05) is 30.3 Å². The van der Waals surface area contributed by atoms with Gasteiger partial charge in [-0.15, -0.1) is 0 Å². The molecule has 1 aliphatic rings. The second kappa shape index (κ2) is 7.07. The summed E-state index contributed by atoms with van der Waals surface area (Å²) in [5, 5.41) is 16.2. The smallest absolute Gasteiger partial charge is 0.251 e. The fourth-order valence-electron chi connectivity index (χ4n) is 2.62. The van der Waals surface area contributed by atoms with E-state index in [1.54, 1.807) is 43.3 Å². The van der Waals surface area contributed by atoms with Crippen molar-refractivity contribution in [1.82, 2.24) is 5.32 Å². The van der Waals surface area contributed by atoms with Gasteiger partial charge >= 0.3 is 0 Å². The number of hydrogen-bond donors (Lipinski definition) is 3. The van der Waals surface area contributed by atoms with Gasteiger partial charge in [0.2, 0.25) is 5.91 Å². The first-order chi connectivity index (χ1) is 11.9. The van der Waals surface area contributed by atoms with Gasteiger partial charge in [0.1, 0.15) is 0 Å². The third-order valence-corrected chi connectivity index (χ3v) is 4.24. The van der Waals surface area contributed by atoms with Gasteiger partial charge in [-0.3, -0.25) is 9.59 Å². The highest BCUT2D eigenvalue weighted by Gasteiger charge is 2.26. The Hall–Kier alpha value is -2.66. The Kier molecular flexibility index (Phi) is 4.86. The Morgan fingerprint density at radius 3 is 2.32 bits per heavy atom. The lowest BCUT2D eigenvalue weighted by molar-refractivity contribution is -0.120. The minimum atomic E-state index is -1.24. The van der Waals surface area contributed by atoms with Crippen LogP contribution in [0.15, 0.2) is 54.6 Å². The number of nitrogens with one attached hydrogen (secondary N) is 2. The number of hydrogen-bond acceptors (Lipinski definition) is 3. The third-order valence-electron chi connectivity index (χ3n) is 4.24. The molecule has 0 heterocycles. The van der Waals surface area contributed by atoms with E-state index in [0.717, 1.165) is 12.8 Å². The second-order valence-corrected chi connectivity index (χ2v) is 6.69. The molecule has 1 saturated carbocycles. The van der Waals surface area contributed by atoms with Crippen LogP contribution in [0.3, 0.4) is 0 Å². The van der Waals surface area contributed by atoms with Gasteiger partial charge in [0.05, 0.1) is 12.0 Å². The average molecular weight is 338 g/mol. The molecule has 130 valence electrons. The summed E-state index contributed by atoms with van der Waals surface area (Å²) in [6.45, 7) is 1.62. The molecule has 0 saturated heterocycles. The van der Waals surface area contributed by atoms with Crippen LogP contribution in [-0.4, -0.2) is 23.0 Å². The molecule has 0 bridgehead atoms. The fraction of sp³-hybridized carbons (Fsp3) is 0.300. The summed E-state index contributed by atoms with van der Waals surface area (Å²) in [4.78, 5) is 24.2. The van der Waals surface area contributed by atoms with Crippen molar-refractivity contribution >= 4 is 17.5 Å². The van der Waals surface area contributed by atoms with Gasteiger partial charge in [0.15, 0.2) is 0 Å². The minimum absolute atomic E-state index is 0.0546. The van der Waals surface area contributed by atoms with Crippen LogP contribution in [0, 0.1) is 0 Å². The molecule has 3 N–H and O–H groups in total. The quantitative estimate of drug-likeness (QED) is 0.758. The molecule has 2 aromatic rings. The van der Waals surface area contributed by atoms with E-state index in [4.69, 9.17) is 0 Å². The lowest BCUT2D eigenvalue weighted by Gasteiger charge is -2.23. The second-order valence-electron chi connectivity index (χ2n) is 6.69. The molecule has 25 heavy (non-hydrogen) atoms. The van der Waals surface area contributed by atoms with E-state index in [2.05, 4.69) is 10.6 Å². The summed E-state index contributed by atoms with van der Waals surface area (Å²) in [5.74, 6) is -0.378. The summed E-state index contributed by atoms with van der Waals surface area (Å²) in [6.07, 6.45) is 2.03. The predicted octanol–water partition coefficient (Wildman–Crippen LogP) is 2.82. The first-order valence-electron chi connectivity index (χ1n) is 8.43. The zero-order valence-corrected chi connectivity index (χ0v) is 14.2. The number of benzene rings is 2. The summed E-state index contributed by atoms with van der Waals surface area (Å²) in [6, 6.07) is 16.2. The standard InChI is InChI=1S/C20H22N2O3/c1-20(25,15-5-3-2-4-6-15)13-18(23)21-16-9-7-14(8-10-16)19(24)22-17-11-12-17/h2-10,17,25H,11-13H2,1H3,(H,21,23)(H,22,24). The molecule has 2 aromatic carbocycles. The molecule has 3 rings (SSSR count). The highest BCUT2D eigenvalue weighted by Crippen LogP contribution is 2.25. The third kappa shape index (κ3) is 4.67. The minimum Gasteiger partial charge on any atom is -0.385 e. The van der Waals surface area contributed by atoms with Crippen molar-refractivity contribution in [2.24, 2.45) is 0 Å². The van der Waals surface area contributed by atoms with Crippen molar-refractivity contribution in [2.75, 3.05) is 5.32 Å². The molecule has 5 heteroatoms. The topological polar surface area (TPSA) is 78.4 Å². The van der Waals surface area contributed by atoms with Gasteiger partial charge in [-0.25, -0.2) is 0 Å². The number of carbonyl (C=O) groups is 2. The van der Waals surface area contributed by atoms with Crippen molar-refractivity contribution in [1.29, 1.82) is 0 Å². The maximum absolute atomic E-state index is 12.2. The Balaban J connectivity index is 1.58. The van der Waals surface area contributed by atoms with Crippen molar-refractivity contribution in [3.63, 3.8) is 0 Å². The molecule has 1 atom stereocenters. The maximum Gasteiger partial charge on any atom is 0.251 e. The van der Waals surface area contributed by atoms with E-state index in [-0.39, 0.29) is 18.2 Å². The molecule has 1 aliphatic carbocycles. The molecule has 5 nitrogen and oxygen atoms in total. The van der Waals surface area contributed by atoms with Gasteiger partial charge in [0, 0.05) is 17.3 Å². The van der Waals surface area contributed by atoms with Crippen molar-refractivity contribution in [3.8, 4) is 0 Å². The molecule has 0 aliphatic heterocycles. The van der Waals surface area contributed by atoms with E-state index in [9.17, 15) is 14.7 Å². The van der Waals surface area contributed by atoms with Crippen LogP contribution < -0.4 is 10.6 Å². The van der Waals surface area contributed by atoms with Crippen LogP contribution in [0.4, 0.5) is 5.69 Å². The largest absolute Gasteiger partial charge is 0.385 e. The Bertz CT molecular complexity index is 750. The lowest BCUT2D eigenvalue weighted by atomic mass is 9.92. The summed E-state index contributed by atoms with van der Waals surface area (Å²) in [5.41, 5.74) is 0.616. The normalized spacial score (nSPS) is 15.9. The number of anilines is 1. The van der Waals surface area contributed by atoms with E-state index >= 15 is 0 Å². The molecular weight excluding hydrogens is 316 g/mol. The van der Waals surface area contributed by atoms with Gasteiger partial charge in [-0.2, -0.15) is 0 Å². The Labute approximate surface area is 147 Å². The van der Waals surface area contributed by atoms with Crippen LogP contribution in [-0.2, 0) is 10.4 Å². The SMILES string of the molecule is CC(O)(CC(=O)Nc1ccc(C(=O)NC2CC2)cc1)c1ccccc1. The zero-order chi connectivity index (χ0) is 17.9. The van der Waals surface area contributed by atoms with Crippen LogP contribution >= 0.6 is 0 Å². The van der Waals surface area contributed by atoms with Gasteiger partial charge < -0.3 is 15.7 Å². The molecule has 0 radical (unpaired) electrons. The first-order valence-corrected chi connectivity index (χ1v) is 8.43. The summed E-state index contributed by atoms with van der Waals surface area (Å²) < 4.78 is 0. The predicted molar refractivity (Wildman–Crippen MR) is 96.2 cm³/mol. The fourth-order valence-corrected chi connectivity index (χ4v) is 2.62. The molecule has 1 fully saturated rings. The number of carbonyl (C=O) groups excluding carboxylic acids is 2. The van der Waals surface area contributed by atoms with Crippen LogP contribution in [0.5, 0.6) is 0 Å². The van der Waals surface area contributed by atoms with Gasteiger partial charge in [0.25, 0.3) is 5.91 Å². The molecule has 0 aromatic heterocycles. The first kappa shape index (κ1) is 17.2. The van der Waals surface area contributed by atoms with E-state index < -0.39 is 5.60 Å². The maximum atomic E-state index is 12.2. The van der Waals surface area contributed by atoms with Gasteiger partial charge in [-0.05, 0) is 49.6 Å². The molecule has 2 amide bonds. The van der Waals surface area contributed by atoms with Crippen molar-refractivity contribution in [3.05, 3.63) is 65.7 Å². The number of amides is 2. The molecule has 0 spiro atoms. The van der Waals surface area contributed by atoms with Crippen LogP contribution in [0.25, 0.3) is 0 Å². The Morgan fingerprint density at radius 1 is 1.08 bits per heavy atom. The molecular formula is C20H22N2O3. The number of rotatable bonds is 6. The van der Waals surface area contributed by atoms with E-state index in [0.29, 0.717) is 22.9 Å². The van der Waals surface area contributed by atoms with Crippen LogP contribution in [0.1, 0.15) is 42.1 Å². The summed E-state index contributed by atoms with van der Waals surface area (Å²) in [7, 11) is 0. The van der Waals surface area contributed by atoms with Crippen molar-refractivity contribution < 1.29 is 14.7 Å². The highest BCUT2D eigenvalue weighted by molar-refractivity contribution is 5.96. The highest BCUT2D eigenvalue weighted by atomic mass is 16.3. The van der Waals surface area contributed by atoms with Crippen molar-refractivity contribution in [2.45, 2.75) is 37.8 Å². The Morgan fingerprint density at radius 2 is 1.72 bits per heavy atom. The number of aliphatic hydroxyl groups is 1. The average Bonchev–Trinajstić information content (AvgIpc) is 3.39. The molecule has 1 unspecified atom stereocenters.